The van der Waals surface area contributed by atoms with Crippen LogP contribution < -0.4 is 10.6 Å². The van der Waals surface area contributed by atoms with Gasteiger partial charge in [-0.2, -0.15) is 0 Å². The van der Waals surface area contributed by atoms with Gasteiger partial charge in [-0.3, -0.25) is 4.79 Å². The average Bonchev–Trinajstić information content (AvgIpc) is 3.18. The quantitative estimate of drug-likeness (QED) is 0.829. The molecule has 0 radical (unpaired) electrons. The number of fused-ring (bicyclic) bond motifs is 1. The van der Waals surface area contributed by atoms with Crippen molar-refractivity contribution in [2.24, 2.45) is 11.3 Å². The van der Waals surface area contributed by atoms with Crippen LogP contribution in [0.4, 0.5) is 0 Å². The summed E-state index contributed by atoms with van der Waals surface area (Å²) in [7, 11) is 0. The number of benzene rings is 1. The lowest BCUT2D eigenvalue weighted by molar-refractivity contribution is -0.123. The van der Waals surface area contributed by atoms with E-state index in [1.807, 2.05) is 25.1 Å². The van der Waals surface area contributed by atoms with E-state index in [2.05, 4.69) is 26.3 Å². The van der Waals surface area contributed by atoms with Crippen molar-refractivity contribution in [1.82, 2.24) is 20.2 Å². The van der Waals surface area contributed by atoms with Crippen LogP contribution in [0.25, 0.3) is 11.0 Å². The summed E-state index contributed by atoms with van der Waals surface area (Å²) in [6, 6.07) is 8.23. The summed E-state index contributed by atoms with van der Waals surface area (Å²) >= 11 is 0. The number of amides is 1. The number of nitrogens with zero attached hydrogens (tertiary/aromatic N) is 2. The van der Waals surface area contributed by atoms with Crippen molar-refractivity contribution < 1.29 is 4.79 Å². The molecule has 1 aromatic carbocycles. The zero-order chi connectivity index (χ0) is 16.6. The lowest BCUT2D eigenvalue weighted by Gasteiger charge is -2.23. The van der Waals surface area contributed by atoms with Gasteiger partial charge in [0.05, 0.1) is 11.0 Å². The normalized spacial score (nSPS) is 22.0. The third-order valence-corrected chi connectivity index (χ3v) is 5.81. The van der Waals surface area contributed by atoms with Crippen LogP contribution >= 0.6 is 0 Å². The molecule has 1 saturated heterocycles. The van der Waals surface area contributed by atoms with Crippen molar-refractivity contribution in [3.63, 3.8) is 0 Å². The highest BCUT2D eigenvalue weighted by atomic mass is 16.2. The van der Waals surface area contributed by atoms with Gasteiger partial charge in [-0.05, 0) is 63.2 Å². The molecule has 1 saturated carbocycles. The number of piperidine rings is 1. The van der Waals surface area contributed by atoms with E-state index in [0.29, 0.717) is 5.41 Å². The molecule has 1 aliphatic carbocycles. The topological polar surface area (TPSA) is 59.0 Å². The third kappa shape index (κ3) is 2.81. The monoisotopic (exact) mass is 326 g/mol. The second-order valence-electron chi connectivity index (χ2n) is 7.31. The van der Waals surface area contributed by atoms with E-state index in [0.717, 1.165) is 63.2 Å². The van der Waals surface area contributed by atoms with Crippen molar-refractivity contribution in [1.29, 1.82) is 0 Å². The average molecular weight is 326 g/mol. The van der Waals surface area contributed by atoms with Crippen molar-refractivity contribution in [3.8, 4) is 0 Å². The molecule has 1 spiro atoms. The standard InChI is InChI=1S/C19H26N4O/c1-14-22-16-5-2-3-6-17(16)23(14)12-4-9-21-18(24)15-13-19(15)7-10-20-11-8-19/h2-3,5-6,15,20H,4,7-13H2,1H3,(H,21,24)/t15-/m1/s1. The molecule has 0 unspecified atom stereocenters. The van der Waals surface area contributed by atoms with E-state index in [4.69, 9.17) is 0 Å². The van der Waals surface area contributed by atoms with Crippen LogP contribution in [-0.2, 0) is 11.3 Å². The third-order valence-electron chi connectivity index (χ3n) is 5.81. The van der Waals surface area contributed by atoms with Crippen LogP contribution in [0.3, 0.4) is 0 Å². The molecule has 5 heteroatoms. The molecule has 2 heterocycles. The van der Waals surface area contributed by atoms with Crippen LogP contribution in [0.1, 0.15) is 31.5 Å². The molecule has 0 bridgehead atoms. The Bertz CT molecular complexity index is 745. The first kappa shape index (κ1) is 15.6. The number of hydrogen-bond acceptors (Lipinski definition) is 3. The molecule has 1 aliphatic heterocycles. The number of hydrogen-bond donors (Lipinski definition) is 2. The minimum absolute atomic E-state index is 0.260. The van der Waals surface area contributed by atoms with E-state index < -0.39 is 0 Å². The summed E-state index contributed by atoms with van der Waals surface area (Å²) in [5, 5.41) is 6.54. The van der Waals surface area contributed by atoms with Crippen LogP contribution in [-0.4, -0.2) is 35.1 Å². The summed E-state index contributed by atoms with van der Waals surface area (Å²) in [4.78, 5) is 17.0. The molecule has 5 nitrogen and oxygen atoms in total. The molecule has 4 rings (SSSR count). The Morgan fingerprint density at radius 3 is 3.00 bits per heavy atom. The molecular weight excluding hydrogens is 300 g/mol. The van der Waals surface area contributed by atoms with Crippen LogP contribution in [0, 0.1) is 18.3 Å². The van der Waals surface area contributed by atoms with E-state index in [1.165, 1.54) is 5.52 Å². The second kappa shape index (κ2) is 6.20. The summed E-state index contributed by atoms with van der Waals surface area (Å²) in [6.45, 7) is 5.82. The zero-order valence-corrected chi connectivity index (χ0v) is 14.3. The minimum Gasteiger partial charge on any atom is -0.356 e. The Balaban J connectivity index is 1.27. The maximum Gasteiger partial charge on any atom is 0.223 e. The maximum atomic E-state index is 12.4. The Kier molecular flexibility index (Phi) is 4.04. The molecule has 2 fully saturated rings. The Morgan fingerprint density at radius 2 is 2.17 bits per heavy atom. The van der Waals surface area contributed by atoms with Crippen LogP contribution in [0.15, 0.2) is 24.3 Å². The predicted molar refractivity (Wildman–Crippen MR) is 94.7 cm³/mol. The van der Waals surface area contributed by atoms with Crippen molar-refractivity contribution >= 4 is 16.9 Å². The van der Waals surface area contributed by atoms with Gasteiger partial charge >= 0.3 is 0 Å². The van der Waals surface area contributed by atoms with Gasteiger partial charge in [0.25, 0.3) is 0 Å². The van der Waals surface area contributed by atoms with Gasteiger partial charge in [0.15, 0.2) is 0 Å². The second-order valence-corrected chi connectivity index (χ2v) is 7.31. The van der Waals surface area contributed by atoms with Crippen molar-refractivity contribution in [3.05, 3.63) is 30.1 Å². The molecule has 2 N–H and O–H groups in total. The fraction of sp³-hybridized carbons (Fsp3) is 0.579. The largest absolute Gasteiger partial charge is 0.356 e. The number of nitrogens with one attached hydrogen (secondary N) is 2. The van der Waals surface area contributed by atoms with Crippen molar-refractivity contribution in [2.45, 2.75) is 39.2 Å². The highest BCUT2D eigenvalue weighted by Gasteiger charge is 2.57. The fourth-order valence-corrected chi connectivity index (χ4v) is 4.25. The van der Waals surface area contributed by atoms with E-state index >= 15 is 0 Å². The van der Waals surface area contributed by atoms with E-state index in [9.17, 15) is 4.79 Å². The Morgan fingerprint density at radius 1 is 1.38 bits per heavy atom. The summed E-state index contributed by atoms with van der Waals surface area (Å²) in [5.74, 6) is 1.57. The minimum atomic E-state index is 0.260. The van der Waals surface area contributed by atoms with Gasteiger partial charge in [0, 0.05) is 19.0 Å². The number of aromatic nitrogens is 2. The number of imidazole rings is 1. The highest BCUT2D eigenvalue weighted by Crippen LogP contribution is 2.58. The molecule has 128 valence electrons. The fourth-order valence-electron chi connectivity index (χ4n) is 4.25. The molecule has 1 atom stereocenters. The zero-order valence-electron chi connectivity index (χ0n) is 14.3. The smallest absolute Gasteiger partial charge is 0.223 e. The number of aryl methyl sites for hydroxylation is 2. The first-order chi connectivity index (χ1) is 11.7. The summed E-state index contributed by atoms with van der Waals surface area (Å²) in [6.07, 6.45) is 4.34. The van der Waals surface area contributed by atoms with Gasteiger partial charge in [-0.1, -0.05) is 12.1 Å². The van der Waals surface area contributed by atoms with E-state index in [1.54, 1.807) is 0 Å². The molecular formula is C19H26N4O. The lowest BCUT2D eigenvalue weighted by Crippen LogP contribution is -2.34. The Labute approximate surface area is 142 Å². The number of carbonyl (C=O) groups excluding carboxylic acids is 1. The molecule has 2 aromatic rings. The summed E-state index contributed by atoms with van der Waals surface area (Å²) in [5.41, 5.74) is 2.55. The van der Waals surface area contributed by atoms with Gasteiger partial charge < -0.3 is 15.2 Å². The predicted octanol–water partition coefficient (Wildman–Crippen LogP) is 2.24. The first-order valence-corrected chi connectivity index (χ1v) is 9.10. The SMILES string of the molecule is Cc1nc2ccccc2n1CCCNC(=O)[C@H]1CC12CCNCC2. The lowest BCUT2D eigenvalue weighted by atomic mass is 9.92. The van der Waals surface area contributed by atoms with Gasteiger partial charge in [-0.15, -0.1) is 0 Å². The van der Waals surface area contributed by atoms with Gasteiger partial charge in [-0.25, -0.2) is 4.98 Å². The highest BCUT2D eigenvalue weighted by molar-refractivity contribution is 5.82. The van der Waals surface area contributed by atoms with Crippen LogP contribution in [0.5, 0.6) is 0 Å². The van der Waals surface area contributed by atoms with Gasteiger partial charge in [0.2, 0.25) is 5.91 Å². The molecule has 1 amide bonds. The van der Waals surface area contributed by atoms with Gasteiger partial charge in [0.1, 0.15) is 5.82 Å². The molecule has 1 aromatic heterocycles. The van der Waals surface area contributed by atoms with E-state index in [-0.39, 0.29) is 11.8 Å². The number of para-hydroxylation sites is 2. The first-order valence-electron chi connectivity index (χ1n) is 9.10. The Hall–Kier alpha value is -1.88. The number of carbonyl (C=O) groups is 1. The number of rotatable bonds is 5. The molecule has 24 heavy (non-hydrogen) atoms. The maximum absolute atomic E-state index is 12.4. The summed E-state index contributed by atoms with van der Waals surface area (Å²) < 4.78 is 2.24. The van der Waals surface area contributed by atoms with Crippen LogP contribution in [0.2, 0.25) is 0 Å². The molecule has 2 aliphatic rings. The van der Waals surface area contributed by atoms with Crippen molar-refractivity contribution in [2.75, 3.05) is 19.6 Å².